The molecule has 0 radical (unpaired) electrons. The summed E-state index contributed by atoms with van der Waals surface area (Å²) < 4.78 is 0. The molecule has 0 saturated carbocycles. The van der Waals surface area contributed by atoms with Crippen LogP contribution in [0.4, 0.5) is 11.4 Å². The van der Waals surface area contributed by atoms with Gasteiger partial charge < -0.3 is 21.7 Å². The topological polar surface area (TPSA) is 101 Å². The van der Waals surface area contributed by atoms with Crippen LogP contribution in [0.5, 0.6) is 0 Å². The molecule has 0 atom stereocenters. The summed E-state index contributed by atoms with van der Waals surface area (Å²) in [5.74, 6) is -0.618. The van der Waals surface area contributed by atoms with Crippen molar-refractivity contribution in [2.24, 2.45) is 5.73 Å². The Kier molecular flexibility index (Phi) is 4.04. The summed E-state index contributed by atoms with van der Waals surface area (Å²) >= 11 is 0. The van der Waals surface area contributed by atoms with E-state index in [1.54, 1.807) is 46.1 Å². The Labute approximate surface area is 112 Å². The third kappa shape index (κ3) is 3.37. The number of nitrogens with zero attached hydrogens (tertiary/aromatic N) is 1. The third-order valence-electron chi connectivity index (χ3n) is 2.77. The van der Waals surface area contributed by atoms with Crippen molar-refractivity contribution < 1.29 is 9.59 Å². The number of hydrogen-bond donors (Lipinski definition) is 3. The molecule has 5 N–H and O–H groups in total. The van der Waals surface area contributed by atoms with E-state index >= 15 is 0 Å². The molecule has 0 aliphatic rings. The number of carbonyl (C=O) groups excluding carboxylic acids is 2. The number of anilines is 2. The SMILES string of the molecule is CN(C)C(=O)c1ccc(NC(C)(C)C(N)=O)c(N)c1. The third-order valence-corrected chi connectivity index (χ3v) is 2.77. The Morgan fingerprint density at radius 2 is 1.84 bits per heavy atom. The summed E-state index contributed by atoms with van der Waals surface area (Å²) in [7, 11) is 3.34. The number of nitrogens with two attached hydrogens (primary N) is 2. The normalized spacial score (nSPS) is 10.9. The zero-order chi connectivity index (χ0) is 14.8. The zero-order valence-corrected chi connectivity index (χ0v) is 11.7. The van der Waals surface area contributed by atoms with Gasteiger partial charge in [0.15, 0.2) is 0 Å². The van der Waals surface area contributed by atoms with Gasteiger partial charge in [0.25, 0.3) is 5.91 Å². The van der Waals surface area contributed by atoms with Crippen molar-refractivity contribution in [2.45, 2.75) is 19.4 Å². The smallest absolute Gasteiger partial charge is 0.253 e. The second-order valence-electron chi connectivity index (χ2n) is 5.12. The van der Waals surface area contributed by atoms with Gasteiger partial charge in [0.1, 0.15) is 5.54 Å². The van der Waals surface area contributed by atoms with E-state index in [4.69, 9.17) is 11.5 Å². The second-order valence-corrected chi connectivity index (χ2v) is 5.12. The van der Waals surface area contributed by atoms with Crippen LogP contribution in [0.25, 0.3) is 0 Å². The zero-order valence-electron chi connectivity index (χ0n) is 11.7. The van der Waals surface area contributed by atoms with Crippen LogP contribution in [0, 0.1) is 0 Å². The highest BCUT2D eigenvalue weighted by atomic mass is 16.2. The quantitative estimate of drug-likeness (QED) is 0.695. The fourth-order valence-electron chi connectivity index (χ4n) is 1.47. The number of benzene rings is 1. The molecule has 1 rings (SSSR count). The highest BCUT2D eigenvalue weighted by Crippen LogP contribution is 2.24. The number of amides is 2. The maximum atomic E-state index is 11.8. The van der Waals surface area contributed by atoms with Gasteiger partial charge in [-0.15, -0.1) is 0 Å². The minimum absolute atomic E-state index is 0.132. The Hall–Kier alpha value is -2.24. The van der Waals surface area contributed by atoms with Crippen LogP contribution in [0.15, 0.2) is 18.2 Å². The van der Waals surface area contributed by atoms with Gasteiger partial charge in [-0.05, 0) is 32.0 Å². The molecular formula is C13H20N4O2. The first-order valence-electron chi connectivity index (χ1n) is 5.84. The summed E-state index contributed by atoms with van der Waals surface area (Å²) in [6.07, 6.45) is 0. The maximum absolute atomic E-state index is 11.8. The molecule has 2 amide bonds. The van der Waals surface area contributed by atoms with Crippen LogP contribution in [0.1, 0.15) is 24.2 Å². The van der Waals surface area contributed by atoms with E-state index in [1.165, 1.54) is 4.90 Å². The van der Waals surface area contributed by atoms with Crippen LogP contribution in [0.2, 0.25) is 0 Å². The molecule has 0 saturated heterocycles. The van der Waals surface area contributed by atoms with Gasteiger partial charge in [-0.3, -0.25) is 9.59 Å². The summed E-state index contributed by atoms with van der Waals surface area (Å²) in [6.45, 7) is 3.32. The molecule has 0 aliphatic carbocycles. The van der Waals surface area contributed by atoms with Crippen LogP contribution < -0.4 is 16.8 Å². The van der Waals surface area contributed by atoms with Crippen molar-refractivity contribution in [3.63, 3.8) is 0 Å². The Balaban J connectivity index is 3.02. The summed E-state index contributed by atoms with van der Waals surface area (Å²) in [4.78, 5) is 24.5. The fraction of sp³-hybridized carbons (Fsp3) is 0.385. The lowest BCUT2D eigenvalue weighted by molar-refractivity contribution is -0.121. The molecule has 1 aromatic rings. The summed E-state index contributed by atoms with van der Waals surface area (Å²) in [5.41, 5.74) is 11.7. The Morgan fingerprint density at radius 3 is 2.26 bits per heavy atom. The van der Waals surface area contributed by atoms with Gasteiger partial charge in [-0.25, -0.2) is 0 Å². The first kappa shape index (κ1) is 14.8. The van der Waals surface area contributed by atoms with Gasteiger partial charge in [0.2, 0.25) is 5.91 Å². The Bertz CT molecular complexity index is 509. The monoisotopic (exact) mass is 264 g/mol. The predicted molar refractivity (Wildman–Crippen MR) is 75.8 cm³/mol. The van der Waals surface area contributed by atoms with Crippen LogP contribution in [-0.2, 0) is 4.79 Å². The first-order valence-corrected chi connectivity index (χ1v) is 5.84. The molecule has 6 nitrogen and oxygen atoms in total. The number of hydrogen-bond acceptors (Lipinski definition) is 4. The second kappa shape index (κ2) is 5.17. The minimum atomic E-state index is -0.915. The first-order chi connectivity index (χ1) is 8.65. The standard InChI is InChI=1S/C13H20N4O2/c1-13(2,12(15)19)16-10-6-5-8(7-9(10)14)11(18)17(3)4/h5-7,16H,14H2,1-4H3,(H2,15,19). The number of nitrogens with one attached hydrogen (secondary N) is 1. The largest absolute Gasteiger partial charge is 0.397 e. The molecule has 0 fully saturated rings. The molecule has 6 heteroatoms. The van der Waals surface area contributed by atoms with Gasteiger partial charge in [-0.1, -0.05) is 0 Å². The highest BCUT2D eigenvalue weighted by Gasteiger charge is 2.25. The van der Waals surface area contributed by atoms with Gasteiger partial charge in [0.05, 0.1) is 11.4 Å². The van der Waals surface area contributed by atoms with E-state index in [2.05, 4.69) is 5.32 Å². The number of rotatable bonds is 4. The van der Waals surface area contributed by atoms with Crippen molar-refractivity contribution in [3.05, 3.63) is 23.8 Å². The molecular weight excluding hydrogens is 244 g/mol. The average molecular weight is 264 g/mol. The molecule has 0 aromatic heterocycles. The molecule has 19 heavy (non-hydrogen) atoms. The van der Waals surface area contributed by atoms with Crippen LogP contribution >= 0.6 is 0 Å². The van der Waals surface area contributed by atoms with Crippen molar-refractivity contribution in [2.75, 3.05) is 25.1 Å². The predicted octanol–water partition coefficient (Wildman–Crippen LogP) is 0.646. The van der Waals surface area contributed by atoms with Gasteiger partial charge in [-0.2, -0.15) is 0 Å². The van der Waals surface area contributed by atoms with Crippen LogP contribution in [-0.4, -0.2) is 36.3 Å². The van der Waals surface area contributed by atoms with Crippen molar-refractivity contribution >= 4 is 23.2 Å². The molecule has 0 spiro atoms. The fourth-order valence-corrected chi connectivity index (χ4v) is 1.47. The van der Waals surface area contributed by atoms with E-state index in [9.17, 15) is 9.59 Å². The van der Waals surface area contributed by atoms with Gasteiger partial charge >= 0.3 is 0 Å². The molecule has 0 unspecified atom stereocenters. The lowest BCUT2D eigenvalue weighted by Crippen LogP contribution is -2.45. The van der Waals surface area contributed by atoms with E-state index < -0.39 is 11.4 Å². The summed E-state index contributed by atoms with van der Waals surface area (Å²) in [5, 5.41) is 2.96. The van der Waals surface area contributed by atoms with E-state index in [0.29, 0.717) is 16.9 Å². The molecule has 0 heterocycles. The summed E-state index contributed by atoms with van der Waals surface area (Å²) in [6, 6.07) is 4.89. The van der Waals surface area contributed by atoms with Crippen molar-refractivity contribution in [1.29, 1.82) is 0 Å². The Morgan fingerprint density at radius 1 is 1.26 bits per heavy atom. The number of primary amides is 1. The van der Waals surface area contributed by atoms with Crippen LogP contribution in [0.3, 0.4) is 0 Å². The van der Waals surface area contributed by atoms with E-state index in [0.717, 1.165) is 0 Å². The van der Waals surface area contributed by atoms with Crippen molar-refractivity contribution in [1.82, 2.24) is 4.90 Å². The highest BCUT2D eigenvalue weighted by molar-refractivity contribution is 5.96. The molecule has 0 aliphatic heterocycles. The average Bonchev–Trinajstić information content (AvgIpc) is 2.30. The lowest BCUT2D eigenvalue weighted by atomic mass is 10.0. The number of carbonyl (C=O) groups is 2. The van der Waals surface area contributed by atoms with Crippen molar-refractivity contribution in [3.8, 4) is 0 Å². The van der Waals surface area contributed by atoms with Gasteiger partial charge in [0, 0.05) is 19.7 Å². The van der Waals surface area contributed by atoms with E-state index in [1.807, 2.05) is 0 Å². The molecule has 104 valence electrons. The lowest BCUT2D eigenvalue weighted by Gasteiger charge is -2.24. The van der Waals surface area contributed by atoms with E-state index in [-0.39, 0.29) is 5.91 Å². The minimum Gasteiger partial charge on any atom is -0.397 e. The number of nitrogen functional groups attached to an aromatic ring is 1. The molecule has 0 bridgehead atoms. The maximum Gasteiger partial charge on any atom is 0.253 e. The molecule has 1 aromatic carbocycles.